The molecule has 4 nitrogen and oxygen atoms in total. The van der Waals surface area contributed by atoms with Crippen LogP contribution in [0.3, 0.4) is 0 Å². The Hall–Kier alpha value is -1.84. The van der Waals surface area contributed by atoms with Crippen molar-refractivity contribution in [1.82, 2.24) is 0 Å². The van der Waals surface area contributed by atoms with Crippen molar-refractivity contribution in [3.8, 4) is 0 Å². The van der Waals surface area contributed by atoms with Gasteiger partial charge in [-0.15, -0.1) is 0 Å². The van der Waals surface area contributed by atoms with Crippen molar-refractivity contribution in [3.63, 3.8) is 0 Å². The highest BCUT2D eigenvalue weighted by atomic mass is 16.2. The van der Waals surface area contributed by atoms with Crippen LogP contribution in [0.15, 0.2) is 18.2 Å². The molecule has 4 heteroatoms. The molecule has 0 aliphatic rings. The maximum absolute atomic E-state index is 11.5. The predicted molar refractivity (Wildman–Crippen MR) is 69.4 cm³/mol. The van der Waals surface area contributed by atoms with E-state index < -0.39 is 0 Å². The molecule has 1 aromatic rings. The largest absolute Gasteiger partial charge is 0.378 e. The first-order valence-electron chi connectivity index (χ1n) is 5.47. The number of aryl methyl sites for hydroxylation is 1. The number of hydrogen-bond donors (Lipinski definition) is 1. The molecular formula is C13H18N2O2. The first-order valence-corrected chi connectivity index (χ1v) is 5.47. The standard InChI is InChI=1S/C13H18N2O2/c1-9-7-11(15(3)4)5-6-12(9)14-13(17)8-10(2)16/h5-7H,8H2,1-4H3,(H,14,17). The number of amides is 1. The lowest BCUT2D eigenvalue weighted by Crippen LogP contribution is -2.16. The molecule has 1 aromatic carbocycles. The van der Waals surface area contributed by atoms with E-state index in [1.807, 2.05) is 44.1 Å². The molecule has 0 fully saturated rings. The molecule has 0 unspecified atom stereocenters. The summed E-state index contributed by atoms with van der Waals surface area (Å²) in [4.78, 5) is 24.3. The molecule has 0 saturated heterocycles. The zero-order valence-electron chi connectivity index (χ0n) is 10.7. The normalized spacial score (nSPS) is 9.88. The molecule has 1 amide bonds. The lowest BCUT2D eigenvalue weighted by Gasteiger charge is -2.15. The summed E-state index contributed by atoms with van der Waals surface area (Å²) < 4.78 is 0. The number of carbonyl (C=O) groups excluding carboxylic acids is 2. The topological polar surface area (TPSA) is 49.4 Å². The minimum absolute atomic E-state index is 0.0745. The Bertz CT molecular complexity index is 439. The molecule has 0 atom stereocenters. The predicted octanol–water partition coefficient (Wildman–Crippen LogP) is 1.98. The van der Waals surface area contributed by atoms with Crippen LogP contribution in [-0.2, 0) is 9.59 Å². The van der Waals surface area contributed by atoms with Gasteiger partial charge in [-0.3, -0.25) is 9.59 Å². The number of anilines is 2. The number of nitrogens with one attached hydrogen (secondary N) is 1. The van der Waals surface area contributed by atoms with Crippen LogP contribution in [0.1, 0.15) is 18.9 Å². The molecule has 0 aromatic heterocycles. The summed E-state index contributed by atoms with van der Waals surface area (Å²) in [6.07, 6.45) is -0.0745. The van der Waals surface area contributed by atoms with Gasteiger partial charge in [-0.05, 0) is 37.6 Å². The van der Waals surface area contributed by atoms with E-state index in [4.69, 9.17) is 0 Å². The first kappa shape index (κ1) is 13.2. The molecule has 0 heterocycles. The SMILES string of the molecule is CC(=O)CC(=O)Nc1ccc(N(C)C)cc1C. The van der Waals surface area contributed by atoms with E-state index in [9.17, 15) is 9.59 Å². The summed E-state index contributed by atoms with van der Waals surface area (Å²) in [5.74, 6) is -0.400. The smallest absolute Gasteiger partial charge is 0.231 e. The second kappa shape index (κ2) is 5.48. The number of carbonyl (C=O) groups is 2. The number of nitrogens with zero attached hydrogens (tertiary/aromatic N) is 1. The lowest BCUT2D eigenvalue weighted by molar-refractivity contribution is -0.124. The van der Waals surface area contributed by atoms with Crippen molar-refractivity contribution >= 4 is 23.1 Å². The molecule has 0 aliphatic carbocycles. The van der Waals surface area contributed by atoms with Crippen LogP contribution in [0.2, 0.25) is 0 Å². The molecule has 17 heavy (non-hydrogen) atoms. The van der Waals surface area contributed by atoms with Crippen LogP contribution < -0.4 is 10.2 Å². The van der Waals surface area contributed by atoms with Crippen LogP contribution in [0.25, 0.3) is 0 Å². The highest BCUT2D eigenvalue weighted by Crippen LogP contribution is 2.21. The lowest BCUT2D eigenvalue weighted by atomic mass is 10.1. The Morgan fingerprint density at radius 2 is 1.94 bits per heavy atom. The van der Waals surface area contributed by atoms with Gasteiger partial charge in [0.15, 0.2) is 0 Å². The van der Waals surface area contributed by atoms with E-state index >= 15 is 0 Å². The summed E-state index contributed by atoms with van der Waals surface area (Å²) in [5.41, 5.74) is 2.81. The number of hydrogen-bond acceptors (Lipinski definition) is 3. The summed E-state index contributed by atoms with van der Waals surface area (Å²) in [5, 5.41) is 2.73. The maximum Gasteiger partial charge on any atom is 0.231 e. The number of benzene rings is 1. The summed E-state index contributed by atoms with van der Waals surface area (Å²) in [7, 11) is 3.92. The Kier molecular flexibility index (Phi) is 4.26. The molecule has 0 bridgehead atoms. The van der Waals surface area contributed by atoms with Crippen LogP contribution in [-0.4, -0.2) is 25.8 Å². The van der Waals surface area contributed by atoms with E-state index in [0.717, 1.165) is 16.9 Å². The van der Waals surface area contributed by atoms with Crippen molar-refractivity contribution in [3.05, 3.63) is 23.8 Å². The van der Waals surface area contributed by atoms with Crippen molar-refractivity contribution in [1.29, 1.82) is 0 Å². The summed E-state index contributed by atoms with van der Waals surface area (Å²) >= 11 is 0. The van der Waals surface area contributed by atoms with Crippen LogP contribution >= 0.6 is 0 Å². The minimum Gasteiger partial charge on any atom is -0.378 e. The first-order chi connectivity index (χ1) is 7.90. The van der Waals surface area contributed by atoms with Crippen LogP contribution in [0.5, 0.6) is 0 Å². The van der Waals surface area contributed by atoms with Crippen LogP contribution in [0.4, 0.5) is 11.4 Å². The highest BCUT2D eigenvalue weighted by molar-refractivity contribution is 6.03. The van der Waals surface area contributed by atoms with E-state index in [2.05, 4.69) is 5.32 Å². The van der Waals surface area contributed by atoms with Gasteiger partial charge in [-0.25, -0.2) is 0 Å². The fourth-order valence-corrected chi connectivity index (χ4v) is 1.49. The third kappa shape index (κ3) is 3.90. The Labute approximate surface area is 102 Å². The number of rotatable bonds is 4. The maximum atomic E-state index is 11.5. The fraction of sp³-hybridized carbons (Fsp3) is 0.385. The van der Waals surface area contributed by atoms with Crippen molar-refractivity contribution in [2.24, 2.45) is 0 Å². The molecule has 1 N–H and O–H groups in total. The third-order valence-electron chi connectivity index (χ3n) is 2.41. The van der Waals surface area contributed by atoms with Gasteiger partial charge in [-0.1, -0.05) is 0 Å². The van der Waals surface area contributed by atoms with Crippen molar-refractivity contribution in [2.45, 2.75) is 20.3 Å². The van der Waals surface area contributed by atoms with Gasteiger partial charge in [0.25, 0.3) is 0 Å². The summed E-state index contributed by atoms with van der Waals surface area (Å²) in [6.45, 7) is 3.33. The van der Waals surface area contributed by atoms with Gasteiger partial charge in [0, 0.05) is 25.5 Å². The molecule has 92 valence electrons. The van der Waals surface area contributed by atoms with E-state index in [-0.39, 0.29) is 18.1 Å². The molecule has 0 radical (unpaired) electrons. The average molecular weight is 234 g/mol. The van der Waals surface area contributed by atoms with E-state index in [1.54, 1.807) is 0 Å². The van der Waals surface area contributed by atoms with Gasteiger partial charge in [-0.2, -0.15) is 0 Å². The molecular weight excluding hydrogens is 216 g/mol. The van der Waals surface area contributed by atoms with Crippen molar-refractivity contribution in [2.75, 3.05) is 24.3 Å². The fourth-order valence-electron chi connectivity index (χ4n) is 1.49. The van der Waals surface area contributed by atoms with Crippen LogP contribution in [0, 0.1) is 6.92 Å². The zero-order valence-corrected chi connectivity index (χ0v) is 10.7. The molecule has 0 aliphatic heterocycles. The van der Waals surface area contributed by atoms with Gasteiger partial charge in [0.1, 0.15) is 5.78 Å². The zero-order chi connectivity index (χ0) is 13.0. The number of ketones is 1. The molecule has 1 rings (SSSR count). The second-order valence-corrected chi connectivity index (χ2v) is 4.32. The Morgan fingerprint density at radius 3 is 2.41 bits per heavy atom. The van der Waals surface area contributed by atoms with Gasteiger partial charge >= 0.3 is 0 Å². The average Bonchev–Trinajstić information content (AvgIpc) is 2.19. The van der Waals surface area contributed by atoms with Gasteiger partial charge in [0.05, 0.1) is 6.42 Å². The van der Waals surface area contributed by atoms with Crippen molar-refractivity contribution < 1.29 is 9.59 Å². The second-order valence-electron chi connectivity index (χ2n) is 4.32. The Morgan fingerprint density at radius 1 is 1.29 bits per heavy atom. The molecule has 0 spiro atoms. The van der Waals surface area contributed by atoms with E-state index in [1.165, 1.54) is 6.92 Å². The third-order valence-corrected chi connectivity index (χ3v) is 2.41. The van der Waals surface area contributed by atoms with Gasteiger partial charge < -0.3 is 10.2 Å². The number of Topliss-reactive ketones (excluding diaryl/α,β-unsaturated/α-hetero) is 1. The molecule has 0 saturated carbocycles. The quantitative estimate of drug-likeness (QED) is 0.810. The van der Waals surface area contributed by atoms with E-state index in [0.29, 0.717) is 0 Å². The van der Waals surface area contributed by atoms with Gasteiger partial charge in [0.2, 0.25) is 5.91 Å². The Balaban J connectivity index is 2.79. The summed E-state index contributed by atoms with van der Waals surface area (Å²) in [6, 6.07) is 5.77. The highest BCUT2D eigenvalue weighted by Gasteiger charge is 2.07. The minimum atomic E-state index is -0.266. The monoisotopic (exact) mass is 234 g/mol.